The smallest absolute Gasteiger partial charge is 0.338 e. The van der Waals surface area contributed by atoms with E-state index in [9.17, 15) is 18.4 Å². The number of anilines is 1. The zero-order valence-electron chi connectivity index (χ0n) is 15.1. The number of benzene rings is 2. The van der Waals surface area contributed by atoms with E-state index in [0.29, 0.717) is 24.3 Å². The van der Waals surface area contributed by atoms with Gasteiger partial charge in [0.15, 0.2) is 6.61 Å². The van der Waals surface area contributed by atoms with Crippen molar-refractivity contribution in [2.75, 3.05) is 18.5 Å². The summed E-state index contributed by atoms with van der Waals surface area (Å²) in [6, 6.07) is 9.09. The first-order chi connectivity index (χ1) is 12.8. The fraction of sp³-hybridized carbons (Fsp3) is 0.300. The van der Waals surface area contributed by atoms with Gasteiger partial charge in [-0.2, -0.15) is 0 Å². The van der Waals surface area contributed by atoms with Gasteiger partial charge in [0.25, 0.3) is 5.91 Å². The van der Waals surface area contributed by atoms with E-state index in [-0.39, 0.29) is 11.3 Å². The highest BCUT2D eigenvalue weighted by Gasteiger charge is 2.12. The average Bonchev–Trinajstić information content (AvgIpc) is 2.62. The maximum Gasteiger partial charge on any atom is 0.338 e. The summed E-state index contributed by atoms with van der Waals surface area (Å²) in [5.41, 5.74) is 0.0623. The topological polar surface area (TPSA) is 64.6 Å². The highest BCUT2D eigenvalue weighted by atomic mass is 19.1. The number of nitrogens with one attached hydrogen (secondary N) is 1. The van der Waals surface area contributed by atoms with E-state index in [2.05, 4.69) is 19.2 Å². The van der Waals surface area contributed by atoms with Crippen LogP contribution < -0.4 is 10.1 Å². The minimum Gasteiger partial charge on any atom is -0.494 e. The molecule has 7 heteroatoms. The number of carbonyl (C=O) groups excluding carboxylic acids is 2. The lowest BCUT2D eigenvalue weighted by atomic mass is 10.1. The molecule has 0 heterocycles. The maximum absolute atomic E-state index is 13.5. The molecule has 2 rings (SSSR count). The van der Waals surface area contributed by atoms with Crippen LogP contribution in [0.3, 0.4) is 0 Å². The van der Waals surface area contributed by atoms with Gasteiger partial charge in [-0.25, -0.2) is 13.6 Å². The molecule has 144 valence electrons. The summed E-state index contributed by atoms with van der Waals surface area (Å²) in [5, 5.41) is 2.21. The lowest BCUT2D eigenvalue weighted by Gasteiger charge is -2.09. The van der Waals surface area contributed by atoms with Crippen molar-refractivity contribution < 1.29 is 27.8 Å². The van der Waals surface area contributed by atoms with Gasteiger partial charge < -0.3 is 14.8 Å². The third-order valence-electron chi connectivity index (χ3n) is 3.59. The molecule has 2 aromatic rings. The van der Waals surface area contributed by atoms with Crippen molar-refractivity contribution in [1.29, 1.82) is 0 Å². The van der Waals surface area contributed by atoms with E-state index in [1.165, 1.54) is 12.1 Å². The first-order valence-electron chi connectivity index (χ1n) is 8.50. The molecule has 0 spiro atoms. The molecule has 0 aliphatic rings. The highest BCUT2D eigenvalue weighted by Crippen LogP contribution is 2.16. The van der Waals surface area contributed by atoms with E-state index in [4.69, 9.17) is 9.47 Å². The minimum atomic E-state index is -0.914. The summed E-state index contributed by atoms with van der Waals surface area (Å²) in [5.74, 6) is -1.93. The van der Waals surface area contributed by atoms with E-state index >= 15 is 0 Å². The van der Waals surface area contributed by atoms with Crippen LogP contribution in [0.2, 0.25) is 0 Å². The number of esters is 1. The Morgan fingerprint density at radius 3 is 2.41 bits per heavy atom. The SMILES string of the molecule is CC(C)CCOc1ccc(C(=O)OCC(=O)Nc2ccc(F)cc2F)cc1. The van der Waals surface area contributed by atoms with Gasteiger partial charge in [-0.1, -0.05) is 13.8 Å². The zero-order chi connectivity index (χ0) is 19.8. The van der Waals surface area contributed by atoms with Crippen LogP contribution in [0.25, 0.3) is 0 Å². The second-order valence-corrected chi connectivity index (χ2v) is 6.30. The van der Waals surface area contributed by atoms with Crippen LogP contribution in [0.5, 0.6) is 5.75 Å². The van der Waals surface area contributed by atoms with E-state index in [0.717, 1.165) is 18.6 Å². The third kappa shape index (κ3) is 6.69. The second kappa shape index (κ2) is 9.66. The second-order valence-electron chi connectivity index (χ2n) is 6.30. The molecule has 1 N–H and O–H groups in total. The van der Waals surface area contributed by atoms with E-state index < -0.39 is 30.1 Å². The molecule has 5 nitrogen and oxygen atoms in total. The minimum absolute atomic E-state index is 0.194. The molecule has 0 aliphatic heterocycles. The largest absolute Gasteiger partial charge is 0.494 e. The summed E-state index contributed by atoms with van der Waals surface area (Å²) >= 11 is 0. The van der Waals surface area contributed by atoms with Gasteiger partial charge in [0.2, 0.25) is 0 Å². The van der Waals surface area contributed by atoms with Gasteiger partial charge in [-0.05, 0) is 48.7 Å². The van der Waals surface area contributed by atoms with Crippen molar-refractivity contribution in [3.05, 3.63) is 59.7 Å². The Labute approximate surface area is 156 Å². The Morgan fingerprint density at radius 2 is 1.78 bits per heavy atom. The highest BCUT2D eigenvalue weighted by molar-refractivity contribution is 5.95. The summed E-state index contributed by atoms with van der Waals surface area (Å²) in [6.45, 7) is 4.19. The van der Waals surface area contributed by atoms with Gasteiger partial charge in [0.05, 0.1) is 17.9 Å². The van der Waals surface area contributed by atoms with E-state index in [1.807, 2.05) is 0 Å². The average molecular weight is 377 g/mol. The van der Waals surface area contributed by atoms with Gasteiger partial charge in [-0.3, -0.25) is 4.79 Å². The molecular formula is C20H21F2NO4. The first-order valence-corrected chi connectivity index (χ1v) is 8.50. The van der Waals surface area contributed by atoms with Crippen molar-refractivity contribution in [2.24, 2.45) is 5.92 Å². The maximum atomic E-state index is 13.5. The molecule has 0 atom stereocenters. The standard InChI is InChI=1S/C20H21F2NO4/c1-13(2)9-10-26-16-6-3-14(4-7-16)20(25)27-12-19(24)23-18-8-5-15(21)11-17(18)22/h3-8,11,13H,9-10,12H2,1-2H3,(H,23,24). The van der Waals surface area contributed by atoms with Gasteiger partial charge >= 0.3 is 5.97 Å². The molecule has 2 aromatic carbocycles. The van der Waals surface area contributed by atoms with Crippen molar-refractivity contribution >= 4 is 17.6 Å². The molecule has 0 aliphatic carbocycles. The lowest BCUT2D eigenvalue weighted by molar-refractivity contribution is -0.119. The Bertz CT molecular complexity index is 791. The number of halogens is 2. The van der Waals surface area contributed by atoms with Crippen molar-refractivity contribution in [2.45, 2.75) is 20.3 Å². The lowest BCUT2D eigenvalue weighted by Crippen LogP contribution is -2.21. The number of hydrogen-bond donors (Lipinski definition) is 1. The van der Waals surface area contributed by atoms with Gasteiger partial charge in [0, 0.05) is 6.07 Å². The summed E-state index contributed by atoms with van der Waals surface area (Å²) < 4.78 is 36.7. The number of rotatable bonds is 8. The summed E-state index contributed by atoms with van der Waals surface area (Å²) in [7, 11) is 0. The number of ether oxygens (including phenoxy) is 2. The molecule has 0 unspecified atom stereocenters. The van der Waals surface area contributed by atoms with Crippen molar-refractivity contribution in [3.8, 4) is 5.75 Å². The fourth-order valence-electron chi connectivity index (χ4n) is 2.09. The number of hydrogen-bond acceptors (Lipinski definition) is 4. The van der Waals surface area contributed by atoms with Gasteiger partial charge in [-0.15, -0.1) is 0 Å². The molecular weight excluding hydrogens is 356 g/mol. The summed E-state index contributed by atoms with van der Waals surface area (Å²) in [6.07, 6.45) is 0.924. The van der Waals surface area contributed by atoms with Crippen LogP contribution >= 0.6 is 0 Å². The molecule has 0 bridgehead atoms. The van der Waals surface area contributed by atoms with Crippen LogP contribution in [0, 0.1) is 17.6 Å². The molecule has 0 radical (unpaired) electrons. The Balaban J connectivity index is 1.81. The Hall–Kier alpha value is -2.96. The summed E-state index contributed by atoms with van der Waals surface area (Å²) in [4.78, 5) is 23.7. The molecule has 0 saturated heterocycles. The molecule has 27 heavy (non-hydrogen) atoms. The van der Waals surface area contributed by atoms with Crippen LogP contribution in [0.1, 0.15) is 30.6 Å². The molecule has 0 aromatic heterocycles. The Morgan fingerprint density at radius 1 is 1.07 bits per heavy atom. The monoisotopic (exact) mass is 377 g/mol. The molecule has 0 saturated carbocycles. The number of carbonyl (C=O) groups is 2. The van der Waals surface area contributed by atoms with Crippen molar-refractivity contribution in [3.63, 3.8) is 0 Å². The quantitative estimate of drug-likeness (QED) is 0.701. The predicted molar refractivity (Wildman–Crippen MR) is 96.7 cm³/mol. The van der Waals surface area contributed by atoms with Crippen LogP contribution in [0.15, 0.2) is 42.5 Å². The Kier molecular flexibility index (Phi) is 7.28. The first kappa shape index (κ1) is 20.4. The van der Waals surface area contributed by atoms with Crippen LogP contribution in [-0.4, -0.2) is 25.1 Å². The van der Waals surface area contributed by atoms with Gasteiger partial charge in [0.1, 0.15) is 17.4 Å². The van der Waals surface area contributed by atoms with E-state index in [1.54, 1.807) is 12.1 Å². The molecule has 1 amide bonds. The van der Waals surface area contributed by atoms with Crippen LogP contribution in [-0.2, 0) is 9.53 Å². The fourth-order valence-corrected chi connectivity index (χ4v) is 2.09. The number of amides is 1. The molecule has 0 fully saturated rings. The normalized spacial score (nSPS) is 10.6. The predicted octanol–water partition coefficient (Wildman–Crippen LogP) is 4.19. The van der Waals surface area contributed by atoms with Crippen molar-refractivity contribution in [1.82, 2.24) is 0 Å². The zero-order valence-corrected chi connectivity index (χ0v) is 15.1. The van der Waals surface area contributed by atoms with Crippen LogP contribution in [0.4, 0.5) is 14.5 Å². The third-order valence-corrected chi connectivity index (χ3v) is 3.59.